The fourth-order valence-corrected chi connectivity index (χ4v) is 22.0. The number of pyridine rings is 2. The molecule has 636 valence electrons. The molecule has 136 heavy (non-hydrogen) atoms. The van der Waals surface area contributed by atoms with Gasteiger partial charge < -0.3 is 9.13 Å². The molecule has 0 atom stereocenters. The van der Waals surface area contributed by atoms with Gasteiger partial charge in [-0.25, -0.2) is 29.9 Å². The van der Waals surface area contributed by atoms with Crippen LogP contribution >= 0.6 is 22.7 Å². The van der Waals surface area contributed by atoms with E-state index in [-0.39, 0.29) is 0 Å². The smallest absolute Gasteiger partial charge is 0.166 e. The van der Waals surface area contributed by atoms with Gasteiger partial charge in [-0.15, -0.1) is 22.7 Å². The molecule has 8 heterocycles. The van der Waals surface area contributed by atoms with E-state index in [9.17, 15) is 0 Å². The lowest BCUT2D eigenvalue weighted by Crippen LogP contribution is -2.02. The van der Waals surface area contributed by atoms with Gasteiger partial charge in [0.15, 0.2) is 34.9 Å². The number of benzene rings is 18. The van der Waals surface area contributed by atoms with Crippen molar-refractivity contribution in [1.29, 1.82) is 0 Å². The first kappa shape index (κ1) is 80.4. The van der Waals surface area contributed by atoms with Gasteiger partial charge in [-0.2, -0.15) is 0 Å². The van der Waals surface area contributed by atoms with E-state index in [0.717, 1.165) is 139 Å². The van der Waals surface area contributed by atoms with Gasteiger partial charge in [0, 0.05) is 141 Å². The number of hydrogen-bond donors (Lipinski definition) is 0. The fourth-order valence-electron chi connectivity index (χ4n) is 19.5. The summed E-state index contributed by atoms with van der Waals surface area (Å²) in [5.74, 6) is 3.48. The van der Waals surface area contributed by atoms with Crippen molar-refractivity contribution in [3.05, 3.63) is 473 Å². The standard InChI is InChI=1S/2C62H39N5S/c1-6-19-40(20-7-1)44-33-34-47(41-21-8-2-9-22-41)51(37-44)45-38-52(62-65-60(42-23-10-3-11-24-42)64-61(66-62)43-25-12-4-13-26-43)58(63-39-45)49-30-18-32-55-56(49)50-35-36-54-57(59(50)68-55)48-29-16-17-31-53(48)67(54)46-27-14-5-15-28-46;1-6-18-40(19-7-1)44-30-32-48(41-20-8-2-9-21-41)51(36-44)46-38-53(62-65-60(42-22-10-3-11-23-42)64-61(66-62)43-24-12-4-13-25-43)58(63-39-46)45-31-35-56-52(37-45)49-33-34-55-57(59(49)68-56)50-28-16-17-29-54(50)67(55)47-26-14-5-15-27-47/h2*1-39H. The minimum atomic E-state index is 0.549. The van der Waals surface area contributed by atoms with Gasteiger partial charge in [0.2, 0.25) is 0 Å². The van der Waals surface area contributed by atoms with Crippen LogP contribution in [0.1, 0.15) is 0 Å². The monoisotopic (exact) mass is 1770 g/mol. The van der Waals surface area contributed by atoms with Crippen LogP contribution in [-0.4, -0.2) is 49.0 Å². The molecule has 0 aliphatic carbocycles. The highest BCUT2D eigenvalue weighted by atomic mass is 32.1. The summed E-state index contributed by atoms with van der Waals surface area (Å²) in [5, 5.41) is 9.74. The Hall–Kier alpha value is -17.7. The van der Waals surface area contributed by atoms with Crippen molar-refractivity contribution < 1.29 is 0 Å². The summed E-state index contributed by atoms with van der Waals surface area (Å²) < 4.78 is 9.70. The molecule has 0 aliphatic rings. The van der Waals surface area contributed by atoms with Gasteiger partial charge in [-0.1, -0.05) is 370 Å². The van der Waals surface area contributed by atoms with Crippen molar-refractivity contribution in [2.24, 2.45) is 0 Å². The number of thiophene rings is 2. The number of fused-ring (bicyclic) bond motifs is 14. The lowest BCUT2D eigenvalue weighted by Gasteiger charge is -2.17. The zero-order valence-corrected chi connectivity index (χ0v) is 75.0. The quantitative estimate of drug-likeness (QED) is 0.0940. The Morgan fingerprint density at radius 2 is 0.515 bits per heavy atom. The number of aromatic nitrogens is 10. The molecular formula is C124H78N10S2. The van der Waals surface area contributed by atoms with Crippen LogP contribution in [0.4, 0.5) is 0 Å². The second-order valence-electron chi connectivity index (χ2n) is 33.9. The molecule has 0 saturated carbocycles. The lowest BCUT2D eigenvalue weighted by molar-refractivity contribution is 1.07. The molecule has 12 heteroatoms. The predicted molar refractivity (Wildman–Crippen MR) is 566 cm³/mol. The van der Waals surface area contributed by atoms with Gasteiger partial charge in [-0.05, 0) is 147 Å². The first-order valence-electron chi connectivity index (χ1n) is 45.6. The van der Waals surface area contributed by atoms with Crippen LogP contribution in [0.15, 0.2) is 473 Å². The normalized spacial score (nSPS) is 11.5. The molecule has 26 aromatic rings. The fraction of sp³-hybridized carbons (Fsp3) is 0. The predicted octanol–water partition coefficient (Wildman–Crippen LogP) is 32.8. The molecule has 18 aromatic carbocycles. The Labute approximate surface area is 792 Å². The first-order chi connectivity index (χ1) is 67.4. The van der Waals surface area contributed by atoms with Crippen LogP contribution in [0, 0.1) is 0 Å². The van der Waals surface area contributed by atoms with E-state index in [1.807, 2.05) is 108 Å². The zero-order chi connectivity index (χ0) is 89.9. The maximum atomic E-state index is 5.54. The zero-order valence-electron chi connectivity index (χ0n) is 73.3. The van der Waals surface area contributed by atoms with E-state index < -0.39 is 0 Å². The maximum absolute atomic E-state index is 5.54. The Bertz CT molecular complexity index is 8940. The number of rotatable bonds is 16. The maximum Gasteiger partial charge on any atom is 0.166 e. The number of para-hydroxylation sites is 4. The molecule has 0 spiro atoms. The van der Waals surface area contributed by atoms with E-state index in [1.54, 1.807) is 0 Å². The summed E-state index contributed by atoms with van der Waals surface area (Å²) in [5.41, 5.74) is 29.0. The van der Waals surface area contributed by atoms with Crippen LogP contribution in [0.2, 0.25) is 0 Å². The Morgan fingerprint density at radius 3 is 0.956 bits per heavy atom. The third kappa shape index (κ3) is 14.6. The second-order valence-corrected chi connectivity index (χ2v) is 36.0. The topological polar surface area (TPSA) is 113 Å². The minimum Gasteiger partial charge on any atom is -0.309 e. The molecule has 26 rings (SSSR count). The van der Waals surface area contributed by atoms with Gasteiger partial charge in [0.1, 0.15) is 0 Å². The molecule has 0 saturated heterocycles. The van der Waals surface area contributed by atoms with E-state index in [0.29, 0.717) is 34.9 Å². The van der Waals surface area contributed by atoms with Crippen LogP contribution in [0.3, 0.4) is 0 Å². The van der Waals surface area contributed by atoms with Crippen LogP contribution in [0.5, 0.6) is 0 Å². The lowest BCUT2D eigenvalue weighted by atomic mass is 9.90. The minimum absolute atomic E-state index is 0.549. The highest BCUT2D eigenvalue weighted by Crippen LogP contribution is 2.51. The molecule has 8 aromatic heterocycles. The molecule has 0 radical (unpaired) electrons. The Balaban J connectivity index is 0.000000145. The van der Waals surface area contributed by atoms with Gasteiger partial charge in [0.05, 0.1) is 33.5 Å². The summed E-state index contributed by atoms with van der Waals surface area (Å²) in [4.78, 5) is 42.4. The summed E-state index contributed by atoms with van der Waals surface area (Å²) in [6.45, 7) is 0. The molecule has 10 nitrogen and oxygen atoms in total. The summed E-state index contributed by atoms with van der Waals surface area (Å²) >= 11 is 3.69. The van der Waals surface area contributed by atoms with Crippen LogP contribution in [-0.2, 0) is 0 Å². The highest BCUT2D eigenvalue weighted by molar-refractivity contribution is 7.27. The van der Waals surface area contributed by atoms with Crippen molar-refractivity contribution in [3.63, 3.8) is 0 Å². The van der Waals surface area contributed by atoms with Crippen molar-refractivity contribution in [1.82, 2.24) is 49.0 Å². The van der Waals surface area contributed by atoms with Crippen molar-refractivity contribution in [3.8, 4) is 169 Å². The Morgan fingerprint density at radius 1 is 0.169 bits per heavy atom. The summed E-state index contributed by atoms with van der Waals surface area (Å²) in [6, 6.07) is 162. The number of hydrogen-bond acceptors (Lipinski definition) is 10. The van der Waals surface area contributed by atoms with E-state index >= 15 is 0 Å². The van der Waals surface area contributed by atoms with E-state index in [4.69, 9.17) is 39.9 Å². The highest BCUT2D eigenvalue weighted by Gasteiger charge is 2.28. The second kappa shape index (κ2) is 34.6. The average Bonchev–Trinajstić information content (AvgIpc) is 1.56. The summed E-state index contributed by atoms with van der Waals surface area (Å²) in [6.07, 6.45) is 4.05. The Kier molecular flexibility index (Phi) is 20.4. The first-order valence-corrected chi connectivity index (χ1v) is 47.2. The SMILES string of the molecule is c1ccc(-c2ccc(-c3ccccc3)c(-c3cnc(-c4ccc5sc6c(ccc7c6c6ccccc6n7-c6ccccc6)c5c4)c(-c4nc(-c5ccccc5)nc(-c5ccccc5)n4)c3)c2)cc1.c1ccc(-c2ccc(-c3ccccc3)c(-c3cnc(-c4cccc5sc6c(ccc7c6c6ccccc6n7-c6ccccc6)c45)c(-c4nc(-c5ccccc5)nc(-c5ccccc5)n4)c3)c2)cc1. The third-order valence-electron chi connectivity index (χ3n) is 25.8. The largest absolute Gasteiger partial charge is 0.309 e. The van der Waals surface area contributed by atoms with Gasteiger partial charge >= 0.3 is 0 Å². The van der Waals surface area contributed by atoms with Crippen molar-refractivity contribution in [2.75, 3.05) is 0 Å². The molecule has 0 fully saturated rings. The van der Waals surface area contributed by atoms with E-state index in [1.165, 1.54) is 78.6 Å². The van der Waals surface area contributed by atoms with Gasteiger partial charge in [-0.3, -0.25) is 9.97 Å². The third-order valence-corrected chi connectivity index (χ3v) is 28.2. The van der Waals surface area contributed by atoms with Gasteiger partial charge in [0.25, 0.3) is 0 Å². The molecule has 0 bridgehead atoms. The number of nitrogens with zero attached hydrogens (tertiary/aromatic N) is 10. The molecular weight excluding hydrogens is 1690 g/mol. The van der Waals surface area contributed by atoms with Crippen molar-refractivity contribution in [2.45, 2.75) is 0 Å². The van der Waals surface area contributed by atoms with E-state index in [2.05, 4.69) is 397 Å². The molecule has 0 N–H and O–H groups in total. The molecule has 0 aliphatic heterocycles. The summed E-state index contributed by atoms with van der Waals surface area (Å²) in [7, 11) is 0. The molecule has 0 amide bonds. The molecule has 0 unspecified atom stereocenters. The van der Waals surface area contributed by atoms with Crippen molar-refractivity contribution >= 4 is 107 Å². The average molecular weight is 1770 g/mol. The van der Waals surface area contributed by atoms with Crippen LogP contribution < -0.4 is 0 Å². The van der Waals surface area contributed by atoms with Crippen LogP contribution in [0.25, 0.3) is 253 Å².